The summed E-state index contributed by atoms with van der Waals surface area (Å²) in [6, 6.07) is 4.81. The van der Waals surface area contributed by atoms with E-state index in [-0.39, 0.29) is 5.69 Å². The minimum absolute atomic E-state index is 0.0562. The van der Waals surface area contributed by atoms with Gasteiger partial charge in [-0.2, -0.15) is 0 Å². The van der Waals surface area contributed by atoms with Crippen LogP contribution in [0.2, 0.25) is 0 Å². The summed E-state index contributed by atoms with van der Waals surface area (Å²) in [5.41, 5.74) is 0.788. The average Bonchev–Trinajstić information content (AvgIpc) is 2.35. The lowest BCUT2D eigenvalue weighted by Gasteiger charge is -2.10. The van der Waals surface area contributed by atoms with Crippen molar-refractivity contribution in [3.05, 3.63) is 28.3 Å². The molecule has 0 aliphatic rings. The molecule has 1 N–H and O–H groups in total. The van der Waals surface area contributed by atoms with E-state index >= 15 is 0 Å². The Morgan fingerprint density at radius 2 is 2.11 bits per heavy atom. The molecule has 1 aromatic rings. The third-order valence-electron chi connectivity index (χ3n) is 2.65. The molecule has 106 valence electrons. The molecule has 0 fully saturated rings. The fraction of sp³-hybridized carbons (Fsp3) is 0.571. The van der Waals surface area contributed by atoms with E-state index in [1.165, 1.54) is 12.1 Å². The zero-order valence-electron chi connectivity index (χ0n) is 11.8. The van der Waals surface area contributed by atoms with Gasteiger partial charge in [-0.25, -0.2) is 0 Å². The van der Waals surface area contributed by atoms with Gasteiger partial charge in [0.15, 0.2) is 0 Å². The van der Waals surface area contributed by atoms with Crippen LogP contribution in [0.1, 0.15) is 33.6 Å². The topological polar surface area (TPSA) is 64.4 Å². The van der Waals surface area contributed by atoms with Crippen molar-refractivity contribution >= 4 is 11.4 Å². The number of non-ortho nitro benzene ring substituents is 1. The summed E-state index contributed by atoms with van der Waals surface area (Å²) < 4.78 is 5.58. The van der Waals surface area contributed by atoms with Crippen molar-refractivity contribution in [3.63, 3.8) is 0 Å². The van der Waals surface area contributed by atoms with Gasteiger partial charge in [-0.05, 0) is 18.8 Å². The summed E-state index contributed by atoms with van der Waals surface area (Å²) in [5, 5.41) is 14.0. The first-order valence-electron chi connectivity index (χ1n) is 6.69. The summed E-state index contributed by atoms with van der Waals surface area (Å²) in [6.07, 6.45) is 1.90. The van der Waals surface area contributed by atoms with Crippen molar-refractivity contribution in [1.29, 1.82) is 0 Å². The maximum atomic E-state index is 10.9. The highest BCUT2D eigenvalue weighted by Gasteiger charge is 2.10. The van der Waals surface area contributed by atoms with E-state index in [9.17, 15) is 10.1 Å². The molecule has 0 spiro atoms. The van der Waals surface area contributed by atoms with E-state index in [0.717, 1.165) is 25.1 Å². The summed E-state index contributed by atoms with van der Waals surface area (Å²) in [7, 11) is 0. The van der Waals surface area contributed by atoms with Crippen LogP contribution in [-0.2, 0) is 0 Å². The zero-order chi connectivity index (χ0) is 14.3. The van der Waals surface area contributed by atoms with Gasteiger partial charge in [0.25, 0.3) is 5.69 Å². The van der Waals surface area contributed by atoms with E-state index < -0.39 is 4.92 Å². The normalized spacial score (nSPS) is 10.5. The Balaban J connectivity index is 2.77. The van der Waals surface area contributed by atoms with Gasteiger partial charge >= 0.3 is 0 Å². The number of nitro benzene ring substituents is 1. The number of nitro groups is 1. The van der Waals surface area contributed by atoms with Crippen molar-refractivity contribution in [2.24, 2.45) is 5.92 Å². The minimum atomic E-state index is -0.396. The molecule has 1 aromatic carbocycles. The highest BCUT2D eigenvalue weighted by atomic mass is 16.6. The summed E-state index contributed by atoms with van der Waals surface area (Å²) >= 11 is 0. The predicted octanol–water partition coefficient (Wildman–Crippen LogP) is 3.84. The maximum Gasteiger partial charge on any atom is 0.275 e. The molecule has 0 aliphatic heterocycles. The molecule has 19 heavy (non-hydrogen) atoms. The molecule has 0 saturated heterocycles. The number of nitrogens with one attached hydrogen (secondary N) is 1. The summed E-state index contributed by atoms with van der Waals surface area (Å²) in [5.74, 6) is 1.10. The largest absolute Gasteiger partial charge is 0.493 e. The number of anilines is 1. The zero-order valence-corrected chi connectivity index (χ0v) is 11.8. The fourth-order valence-corrected chi connectivity index (χ4v) is 1.56. The lowest BCUT2D eigenvalue weighted by atomic mass is 10.1. The van der Waals surface area contributed by atoms with Gasteiger partial charge in [-0.1, -0.05) is 20.8 Å². The molecule has 0 heterocycles. The first kappa shape index (κ1) is 15.3. The highest BCUT2D eigenvalue weighted by molar-refractivity contribution is 5.56. The standard InChI is InChI=1S/C14H22N2O3/c1-4-6-15-12-8-13(16(17)18)10-14(9-12)19-7-5-11(2)3/h8-11,15H,4-7H2,1-3H3. The van der Waals surface area contributed by atoms with Crippen molar-refractivity contribution in [3.8, 4) is 5.75 Å². The number of ether oxygens (including phenoxy) is 1. The maximum absolute atomic E-state index is 10.9. The molecule has 0 aliphatic carbocycles. The predicted molar refractivity (Wildman–Crippen MR) is 76.8 cm³/mol. The van der Waals surface area contributed by atoms with Crippen molar-refractivity contribution in [1.82, 2.24) is 0 Å². The summed E-state index contributed by atoms with van der Waals surface area (Å²) in [4.78, 5) is 10.5. The Bertz CT molecular complexity index is 419. The van der Waals surface area contributed by atoms with Gasteiger partial charge < -0.3 is 10.1 Å². The SMILES string of the molecule is CCCNc1cc(OCCC(C)C)cc([N+](=O)[O-])c1. The number of hydrogen-bond acceptors (Lipinski definition) is 4. The second-order valence-electron chi connectivity index (χ2n) is 4.93. The first-order chi connectivity index (χ1) is 9.02. The quantitative estimate of drug-likeness (QED) is 0.573. The number of hydrogen-bond donors (Lipinski definition) is 1. The van der Waals surface area contributed by atoms with Gasteiger partial charge in [0.2, 0.25) is 0 Å². The molecule has 1 rings (SSSR count). The molecule has 0 amide bonds. The van der Waals surface area contributed by atoms with E-state index in [2.05, 4.69) is 19.2 Å². The summed E-state index contributed by atoms with van der Waals surface area (Å²) in [6.45, 7) is 7.64. The smallest absolute Gasteiger partial charge is 0.275 e. The van der Waals surface area contributed by atoms with Crippen molar-refractivity contribution in [2.75, 3.05) is 18.5 Å². The molecule has 5 nitrogen and oxygen atoms in total. The van der Waals surface area contributed by atoms with Crippen LogP contribution in [0.3, 0.4) is 0 Å². The van der Waals surface area contributed by atoms with Crippen LogP contribution in [-0.4, -0.2) is 18.1 Å². The van der Waals surface area contributed by atoms with Gasteiger partial charge in [-0.15, -0.1) is 0 Å². The highest BCUT2D eigenvalue weighted by Crippen LogP contribution is 2.26. The molecule has 0 atom stereocenters. The number of rotatable bonds is 8. The van der Waals surface area contributed by atoms with Gasteiger partial charge in [-0.3, -0.25) is 10.1 Å². The van der Waals surface area contributed by atoms with Crippen LogP contribution in [0.25, 0.3) is 0 Å². The van der Waals surface area contributed by atoms with Crippen LogP contribution in [0, 0.1) is 16.0 Å². The lowest BCUT2D eigenvalue weighted by molar-refractivity contribution is -0.384. The van der Waals surface area contributed by atoms with Crippen LogP contribution >= 0.6 is 0 Å². The van der Waals surface area contributed by atoms with Gasteiger partial charge in [0.05, 0.1) is 17.6 Å². The Morgan fingerprint density at radius 3 is 2.68 bits per heavy atom. The van der Waals surface area contributed by atoms with Crippen LogP contribution < -0.4 is 10.1 Å². The first-order valence-corrected chi connectivity index (χ1v) is 6.69. The van der Waals surface area contributed by atoms with E-state index in [0.29, 0.717) is 18.3 Å². The molecular weight excluding hydrogens is 244 g/mol. The monoisotopic (exact) mass is 266 g/mol. The molecular formula is C14H22N2O3. The second kappa shape index (κ2) is 7.61. The fourth-order valence-electron chi connectivity index (χ4n) is 1.56. The molecule has 5 heteroatoms. The van der Waals surface area contributed by atoms with Crippen LogP contribution in [0.5, 0.6) is 5.75 Å². The number of nitrogens with zero attached hydrogens (tertiary/aromatic N) is 1. The van der Waals surface area contributed by atoms with E-state index in [4.69, 9.17) is 4.74 Å². The Kier molecular flexibility index (Phi) is 6.12. The minimum Gasteiger partial charge on any atom is -0.493 e. The lowest BCUT2D eigenvalue weighted by Crippen LogP contribution is -2.04. The van der Waals surface area contributed by atoms with E-state index in [1.54, 1.807) is 0 Å². The van der Waals surface area contributed by atoms with E-state index in [1.807, 2.05) is 13.0 Å². The Morgan fingerprint density at radius 1 is 1.37 bits per heavy atom. The van der Waals surface area contributed by atoms with Crippen molar-refractivity contribution < 1.29 is 9.66 Å². The molecule has 0 unspecified atom stereocenters. The third-order valence-corrected chi connectivity index (χ3v) is 2.65. The Labute approximate surface area is 114 Å². The third kappa shape index (κ3) is 5.59. The average molecular weight is 266 g/mol. The molecule has 0 bridgehead atoms. The van der Waals surface area contributed by atoms with Gasteiger partial charge in [0.1, 0.15) is 5.75 Å². The van der Waals surface area contributed by atoms with Crippen LogP contribution in [0.4, 0.5) is 11.4 Å². The molecule has 0 aromatic heterocycles. The molecule has 0 radical (unpaired) electrons. The molecule has 0 saturated carbocycles. The number of benzene rings is 1. The van der Waals surface area contributed by atoms with Crippen LogP contribution in [0.15, 0.2) is 18.2 Å². The Hall–Kier alpha value is -1.78. The van der Waals surface area contributed by atoms with Crippen molar-refractivity contribution in [2.45, 2.75) is 33.6 Å². The van der Waals surface area contributed by atoms with Gasteiger partial charge in [0, 0.05) is 24.4 Å². The second-order valence-corrected chi connectivity index (χ2v) is 4.93.